The summed E-state index contributed by atoms with van der Waals surface area (Å²) in [5, 5.41) is 3.33. The third-order valence-corrected chi connectivity index (χ3v) is 2.55. The summed E-state index contributed by atoms with van der Waals surface area (Å²) in [5.74, 6) is 0.573. The van der Waals surface area contributed by atoms with Crippen molar-refractivity contribution >= 4 is 0 Å². The molecule has 2 rings (SSSR count). The Morgan fingerprint density at radius 3 is 2.78 bits per heavy atom. The van der Waals surface area contributed by atoms with Crippen molar-refractivity contribution in [1.82, 2.24) is 20.3 Å². The Morgan fingerprint density at radius 1 is 1.28 bits per heavy atom. The fourth-order valence-electron chi connectivity index (χ4n) is 1.63. The number of H-pyrrole nitrogens is 1. The van der Waals surface area contributed by atoms with E-state index in [1.54, 1.807) is 12.3 Å². The number of hydrogen-bond acceptors (Lipinski definition) is 3. The van der Waals surface area contributed by atoms with Gasteiger partial charge >= 0.3 is 0 Å². The fourth-order valence-corrected chi connectivity index (χ4v) is 1.63. The molecule has 0 saturated carbocycles. The first kappa shape index (κ1) is 12.7. The molecule has 4 nitrogen and oxygen atoms in total. The van der Waals surface area contributed by atoms with Gasteiger partial charge < -0.3 is 10.3 Å². The first-order valence-electron chi connectivity index (χ1n) is 6.04. The molecule has 0 spiro atoms. The minimum Gasteiger partial charge on any atom is -0.341 e. The highest BCUT2D eigenvalue weighted by atomic mass is 19.1. The number of aromatic nitrogens is 3. The molecule has 0 amide bonds. The van der Waals surface area contributed by atoms with Crippen LogP contribution in [0.3, 0.4) is 0 Å². The zero-order valence-electron chi connectivity index (χ0n) is 10.6. The molecule has 0 aliphatic heterocycles. The van der Waals surface area contributed by atoms with Crippen molar-refractivity contribution in [2.45, 2.75) is 26.3 Å². The van der Waals surface area contributed by atoms with E-state index in [1.165, 1.54) is 12.3 Å². The van der Waals surface area contributed by atoms with Gasteiger partial charge in [-0.3, -0.25) is 4.98 Å². The van der Waals surface area contributed by atoms with E-state index in [-0.39, 0.29) is 5.82 Å². The number of imidazole rings is 1. The molecular formula is C13H17FN4. The highest BCUT2D eigenvalue weighted by Gasteiger charge is 2.04. The number of aromatic amines is 1. The van der Waals surface area contributed by atoms with Crippen LogP contribution in [-0.2, 0) is 6.42 Å². The molecule has 0 bridgehead atoms. The maximum atomic E-state index is 12.8. The Kier molecular flexibility index (Phi) is 4.04. The van der Waals surface area contributed by atoms with Gasteiger partial charge in [0, 0.05) is 19.0 Å². The van der Waals surface area contributed by atoms with Gasteiger partial charge in [-0.2, -0.15) is 0 Å². The number of nitrogens with one attached hydrogen (secondary N) is 2. The van der Waals surface area contributed by atoms with Gasteiger partial charge in [-0.15, -0.1) is 0 Å². The number of nitrogens with zero attached hydrogens (tertiary/aromatic N) is 2. The van der Waals surface area contributed by atoms with Gasteiger partial charge in [0.25, 0.3) is 0 Å². The molecular weight excluding hydrogens is 231 g/mol. The number of pyridine rings is 1. The quantitative estimate of drug-likeness (QED) is 0.852. The maximum Gasteiger partial charge on any atom is 0.141 e. The largest absolute Gasteiger partial charge is 0.341 e. The molecule has 18 heavy (non-hydrogen) atoms. The Labute approximate surface area is 106 Å². The average molecular weight is 248 g/mol. The molecule has 5 heteroatoms. The summed E-state index contributed by atoms with van der Waals surface area (Å²) in [6, 6.07) is 3.50. The average Bonchev–Trinajstić information content (AvgIpc) is 2.78. The standard InChI is InChI=1S/C13H17FN4/c1-9(2)15-6-5-13-17-8-12(18-13)11-4-3-10(14)7-16-11/h3-4,7-9,15H,5-6H2,1-2H3,(H,17,18). The molecule has 0 unspecified atom stereocenters. The van der Waals surface area contributed by atoms with Gasteiger partial charge in [0.1, 0.15) is 11.6 Å². The second-order valence-electron chi connectivity index (χ2n) is 4.46. The van der Waals surface area contributed by atoms with Crippen molar-refractivity contribution in [3.05, 3.63) is 36.2 Å². The summed E-state index contributed by atoms with van der Waals surface area (Å²) in [4.78, 5) is 11.5. The van der Waals surface area contributed by atoms with E-state index < -0.39 is 0 Å². The van der Waals surface area contributed by atoms with Crippen LogP contribution in [0.2, 0.25) is 0 Å². The predicted octanol–water partition coefficient (Wildman–Crippen LogP) is 2.15. The lowest BCUT2D eigenvalue weighted by molar-refractivity contribution is 0.584. The topological polar surface area (TPSA) is 53.6 Å². The molecule has 0 aliphatic rings. The van der Waals surface area contributed by atoms with Crippen LogP contribution in [0.25, 0.3) is 11.4 Å². The molecule has 0 atom stereocenters. The molecule has 0 fully saturated rings. The van der Waals surface area contributed by atoms with Gasteiger partial charge in [-0.05, 0) is 12.1 Å². The van der Waals surface area contributed by atoms with E-state index in [4.69, 9.17) is 0 Å². The van der Waals surface area contributed by atoms with Crippen LogP contribution < -0.4 is 5.32 Å². The number of hydrogen-bond donors (Lipinski definition) is 2. The molecule has 0 saturated heterocycles. The molecule has 2 aromatic rings. The van der Waals surface area contributed by atoms with E-state index in [9.17, 15) is 4.39 Å². The zero-order valence-corrected chi connectivity index (χ0v) is 10.6. The van der Waals surface area contributed by atoms with Crippen LogP contribution in [-0.4, -0.2) is 27.5 Å². The van der Waals surface area contributed by atoms with Crippen molar-refractivity contribution < 1.29 is 4.39 Å². The summed E-state index contributed by atoms with van der Waals surface area (Å²) in [6.45, 7) is 5.09. The normalized spacial score (nSPS) is 11.1. The van der Waals surface area contributed by atoms with Crippen molar-refractivity contribution in [3.63, 3.8) is 0 Å². The van der Waals surface area contributed by atoms with Gasteiger partial charge in [-0.1, -0.05) is 13.8 Å². The Balaban J connectivity index is 1.99. The van der Waals surface area contributed by atoms with Crippen LogP contribution in [0.4, 0.5) is 4.39 Å². The molecule has 0 aliphatic carbocycles. The molecule has 2 heterocycles. The van der Waals surface area contributed by atoms with Crippen molar-refractivity contribution in [1.29, 1.82) is 0 Å². The zero-order chi connectivity index (χ0) is 13.0. The van der Waals surface area contributed by atoms with Gasteiger partial charge in [0.15, 0.2) is 0 Å². The van der Waals surface area contributed by atoms with E-state index in [0.717, 1.165) is 24.5 Å². The van der Waals surface area contributed by atoms with E-state index >= 15 is 0 Å². The number of rotatable bonds is 5. The highest BCUT2D eigenvalue weighted by molar-refractivity contribution is 5.52. The van der Waals surface area contributed by atoms with Gasteiger partial charge in [0.05, 0.1) is 23.8 Å². The molecule has 2 N–H and O–H groups in total. The smallest absolute Gasteiger partial charge is 0.141 e. The lowest BCUT2D eigenvalue weighted by Gasteiger charge is -2.05. The van der Waals surface area contributed by atoms with E-state index in [1.807, 2.05) is 0 Å². The maximum absolute atomic E-state index is 12.8. The molecule has 0 aromatic carbocycles. The van der Waals surface area contributed by atoms with Crippen LogP contribution in [0, 0.1) is 5.82 Å². The Morgan fingerprint density at radius 2 is 2.11 bits per heavy atom. The van der Waals surface area contributed by atoms with Crippen LogP contribution in [0.1, 0.15) is 19.7 Å². The van der Waals surface area contributed by atoms with Crippen molar-refractivity contribution in [3.8, 4) is 11.4 Å². The first-order chi connectivity index (χ1) is 8.65. The Hall–Kier alpha value is -1.75. The highest BCUT2D eigenvalue weighted by Crippen LogP contribution is 2.14. The van der Waals surface area contributed by atoms with Crippen LogP contribution in [0.15, 0.2) is 24.5 Å². The second-order valence-corrected chi connectivity index (χ2v) is 4.46. The number of halogens is 1. The third kappa shape index (κ3) is 3.37. The predicted molar refractivity (Wildman–Crippen MR) is 68.6 cm³/mol. The summed E-state index contributed by atoms with van der Waals surface area (Å²) >= 11 is 0. The second kappa shape index (κ2) is 5.73. The van der Waals surface area contributed by atoms with Crippen molar-refractivity contribution in [2.24, 2.45) is 0 Å². The van der Waals surface area contributed by atoms with E-state index in [2.05, 4.69) is 34.1 Å². The Bertz CT molecular complexity index is 490. The lowest BCUT2D eigenvalue weighted by atomic mass is 10.3. The fraction of sp³-hybridized carbons (Fsp3) is 0.385. The van der Waals surface area contributed by atoms with Crippen molar-refractivity contribution in [2.75, 3.05) is 6.54 Å². The minimum absolute atomic E-state index is 0.334. The molecule has 0 radical (unpaired) electrons. The molecule has 2 aromatic heterocycles. The monoisotopic (exact) mass is 248 g/mol. The summed E-state index contributed by atoms with van der Waals surface area (Å²) in [7, 11) is 0. The van der Waals surface area contributed by atoms with Crippen LogP contribution >= 0.6 is 0 Å². The summed E-state index contributed by atoms with van der Waals surface area (Å²) < 4.78 is 12.8. The van der Waals surface area contributed by atoms with Gasteiger partial charge in [0.2, 0.25) is 0 Å². The summed E-state index contributed by atoms with van der Waals surface area (Å²) in [6.07, 6.45) is 3.76. The summed E-state index contributed by atoms with van der Waals surface area (Å²) in [5.41, 5.74) is 1.52. The first-order valence-corrected chi connectivity index (χ1v) is 6.04. The minimum atomic E-state index is -0.334. The SMILES string of the molecule is CC(C)NCCc1ncc(-c2ccc(F)cn2)[nH]1. The lowest BCUT2D eigenvalue weighted by Crippen LogP contribution is -2.25. The third-order valence-electron chi connectivity index (χ3n) is 2.55. The van der Waals surface area contributed by atoms with Gasteiger partial charge in [-0.25, -0.2) is 9.37 Å². The van der Waals surface area contributed by atoms with E-state index in [0.29, 0.717) is 11.7 Å². The van der Waals surface area contributed by atoms with Crippen LogP contribution in [0.5, 0.6) is 0 Å². The molecule has 96 valence electrons.